The van der Waals surface area contributed by atoms with Crippen LogP contribution in [0.5, 0.6) is 0 Å². The number of ether oxygens (including phenoxy) is 2. The van der Waals surface area contributed by atoms with Gasteiger partial charge < -0.3 is 9.47 Å². The van der Waals surface area contributed by atoms with Crippen molar-refractivity contribution >= 4 is 11.9 Å². The van der Waals surface area contributed by atoms with Crippen molar-refractivity contribution in [3.8, 4) is 0 Å². The van der Waals surface area contributed by atoms with E-state index in [2.05, 4.69) is 0 Å². The number of cyclic esters (lactones) is 2. The first-order valence-electron chi connectivity index (χ1n) is 5.06. The van der Waals surface area contributed by atoms with E-state index in [4.69, 9.17) is 9.47 Å². The molecule has 0 N–H and O–H groups in total. The Morgan fingerprint density at radius 3 is 1.64 bits per heavy atom. The van der Waals surface area contributed by atoms with E-state index < -0.39 is 0 Å². The van der Waals surface area contributed by atoms with Gasteiger partial charge in [0.05, 0.1) is 12.8 Å². The molecule has 0 aromatic heterocycles. The monoisotopic (exact) mass is 200 g/mol. The third kappa shape index (κ3) is 2.72. The molecule has 1 saturated heterocycles. The largest absolute Gasteiger partial charge is 0.458 e. The number of rotatable bonds is 2. The summed E-state index contributed by atoms with van der Waals surface area (Å²) >= 11 is 0. The molecule has 0 bridgehead atoms. The number of hydrogen-bond acceptors (Lipinski definition) is 4. The minimum Gasteiger partial charge on any atom is -0.458 e. The summed E-state index contributed by atoms with van der Waals surface area (Å²) in [6.45, 7) is 3.83. The Labute approximate surface area is 83.6 Å². The third-order valence-corrected chi connectivity index (χ3v) is 2.32. The molecular formula is C10H16O4. The van der Waals surface area contributed by atoms with Crippen molar-refractivity contribution < 1.29 is 19.1 Å². The molecule has 0 aliphatic carbocycles. The van der Waals surface area contributed by atoms with Crippen LogP contribution in [-0.4, -0.2) is 24.1 Å². The van der Waals surface area contributed by atoms with Crippen molar-refractivity contribution in [2.24, 2.45) is 0 Å². The summed E-state index contributed by atoms with van der Waals surface area (Å²) in [4.78, 5) is 22.4. The molecule has 1 rings (SSSR count). The zero-order valence-corrected chi connectivity index (χ0v) is 8.62. The molecule has 1 aliphatic heterocycles. The first-order valence-corrected chi connectivity index (χ1v) is 5.06. The van der Waals surface area contributed by atoms with Crippen LogP contribution in [-0.2, 0) is 19.1 Å². The second kappa shape index (κ2) is 4.98. The van der Waals surface area contributed by atoms with E-state index in [9.17, 15) is 9.59 Å². The predicted molar refractivity (Wildman–Crippen MR) is 49.6 cm³/mol. The highest BCUT2D eigenvalue weighted by Crippen LogP contribution is 2.17. The van der Waals surface area contributed by atoms with E-state index in [0.717, 1.165) is 0 Å². The van der Waals surface area contributed by atoms with Gasteiger partial charge in [0.2, 0.25) is 0 Å². The maximum Gasteiger partial charge on any atom is 0.306 e. The number of esters is 2. The summed E-state index contributed by atoms with van der Waals surface area (Å²) < 4.78 is 10.4. The first kappa shape index (κ1) is 11.0. The summed E-state index contributed by atoms with van der Waals surface area (Å²) in [5.41, 5.74) is 0. The Morgan fingerprint density at radius 2 is 1.36 bits per heavy atom. The highest BCUT2D eigenvalue weighted by atomic mass is 16.6. The Kier molecular flexibility index (Phi) is 3.92. The van der Waals surface area contributed by atoms with Crippen LogP contribution < -0.4 is 0 Å². The van der Waals surface area contributed by atoms with Gasteiger partial charge >= 0.3 is 11.9 Å². The fraction of sp³-hybridized carbons (Fsp3) is 0.800. The van der Waals surface area contributed by atoms with Crippen LogP contribution in [0.3, 0.4) is 0 Å². The molecule has 80 valence electrons. The van der Waals surface area contributed by atoms with Crippen molar-refractivity contribution in [1.29, 1.82) is 0 Å². The van der Waals surface area contributed by atoms with E-state index in [-0.39, 0.29) is 37.0 Å². The van der Waals surface area contributed by atoms with E-state index in [1.807, 2.05) is 13.8 Å². The molecule has 0 spiro atoms. The van der Waals surface area contributed by atoms with Crippen LogP contribution in [0.15, 0.2) is 0 Å². The fourth-order valence-corrected chi connectivity index (χ4v) is 1.50. The molecule has 0 amide bonds. The minimum atomic E-state index is -0.299. The van der Waals surface area contributed by atoms with Crippen molar-refractivity contribution in [2.45, 2.75) is 51.7 Å². The Balaban J connectivity index is 2.69. The minimum absolute atomic E-state index is 0.131. The molecule has 2 atom stereocenters. The normalized spacial score (nSPS) is 28.7. The molecule has 14 heavy (non-hydrogen) atoms. The maximum atomic E-state index is 11.2. The number of carbonyl (C=O) groups excluding carboxylic acids is 2. The topological polar surface area (TPSA) is 52.6 Å². The lowest BCUT2D eigenvalue weighted by Gasteiger charge is -2.27. The van der Waals surface area contributed by atoms with Gasteiger partial charge in [-0.15, -0.1) is 0 Å². The first-order chi connectivity index (χ1) is 6.67. The molecule has 0 aromatic rings. The van der Waals surface area contributed by atoms with Crippen LogP contribution in [0, 0.1) is 0 Å². The number of hydrogen-bond donors (Lipinski definition) is 0. The summed E-state index contributed by atoms with van der Waals surface area (Å²) in [5.74, 6) is -0.598. The van der Waals surface area contributed by atoms with Crippen molar-refractivity contribution in [3.05, 3.63) is 0 Å². The quantitative estimate of drug-likeness (QED) is 0.633. The highest BCUT2D eigenvalue weighted by Gasteiger charge is 2.28. The van der Waals surface area contributed by atoms with Gasteiger partial charge in [-0.1, -0.05) is 13.8 Å². The highest BCUT2D eigenvalue weighted by molar-refractivity contribution is 5.78. The standard InChI is InChI=1S/C10H16O4/c1-3-7-8(4-2)14-10(12)6-5-9(11)13-7/h7-8H,3-6H2,1-2H3. The zero-order valence-electron chi connectivity index (χ0n) is 8.62. The maximum absolute atomic E-state index is 11.2. The van der Waals surface area contributed by atoms with E-state index >= 15 is 0 Å². The zero-order chi connectivity index (χ0) is 10.6. The Hall–Kier alpha value is -1.06. The van der Waals surface area contributed by atoms with Gasteiger partial charge in [0, 0.05) is 0 Å². The molecule has 0 aromatic carbocycles. The van der Waals surface area contributed by atoms with Crippen molar-refractivity contribution in [2.75, 3.05) is 0 Å². The van der Waals surface area contributed by atoms with Crippen molar-refractivity contribution in [1.82, 2.24) is 0 Å². The molecule has 0 radical (unpaired) electrons. The lowest BCUT2D eigenvalue weighted by atomic mass is 10.1. The molecule has 4 nitrogen and oxygen atoms in total. The average molecular weight is 200 g/mol. The lowest BCUT2D eigenvalue weighted by Crippen LogP contribution is -2.36. The van der Waals surface area contributed by atoms with Crippen LogP contribution >= 0.6 is 0 Å². The van der Waals surface area contributed by atoms with E-state index in [1.165, 1.54) is 0 Å². The predicted octanol–water partition coefficient (Wildman–Crippen LogP) is 1.42. The lowest BCUT2D eigenvalue weighted by molar-refractivity contribution is -0.175. The summed E-state index contributed by atoms with van der Waals surface area (Å²) in [6, 6.07) is 0. The van der Waals surface area contributed by atoms with Gasteiger partial charge in [0.25, 0.3) is 0 Å². The molecule has 0 saturated carbocycles. The van der Waals surface area contributed by atoms with Gasteiger partial charge in [0.15, 0.2) is 0 Å². The van der Waals surface area contributed by atoms with E-state index in [1.54, 1.807) is 0 Å². The molecule has 1 aliphatic rings. The Morgan fingerprint density at radius 1 is 1.00 bits per heavy atom. The van der Waals surface area contributed by atoms with Gasteiger partial charge in [-0.2, -0.15) is 0 Å². The smallest absolute Gasteiger partial charge is 0.306 e. The van der Waals surface area contributed by atoms with Gasteiger partial charge in [-0.3, -0.25) is 9.59 Å². The molecule has 2 unspecified atom stereocenters. The second-order valence-electron chi connectivity index (χ2n) is 3.37. The SMILES string of the molecule is CCC1OC(=O)CCC(=O)OC1CC. The third-order valence-electron chi connectivity index (χ3n) is 2.32. The van der Waals surface area contributed by atoms with E-state index in [0.29, 0.717) is 12.8 Å². The molecule has 1 heterocycles. The van der Waals surface area contributed by atoms with Crippen LogP contribution in [0.1, 0.15) is 39.5 Å². The average Bonchev–Trinajstić information content (AvgIpc) is 2.17. The van der Waals surface area contributed by atoms with Crippen LogP contribution in [0.2, 0.25) is 0 Å². The molecule has 4 heteroatoms. The Bertz CT molecular complexity index is 200. The van der Waals surface area contributed by atoms with Gasteiger partial charge in [0.1, 0.15) is 12.2 Å². The summed E-state index contributed by atoms with van der Waals surface area (Å²) in [6.07, 6.45) is 1.06. The van der Waals surface area contributed by atoms with Crippen LogP contribution in [0.4, 0.5) is 0 Å². The summed E-state index contributed by atoms with van der Waals surface area (Å²) in [5, 5.41) is 0. The fourth-order valence-electron chi connectivity index (χ4n) is 1.50. The van der Waals surface area contributed by atoms with Gasteiger partial charge in [-0.25, -0.2) is 0 Å². The van der Waals surface area contributed by atoms with Crippen LogP contribution in [0.25, 0.3) is 0 Å². The summed E-state index contributed by atoms with van der Waals surface area (Å²) in [7, 11) is 0. The molecule has 1 fully saturated rings. The number of carbonyl (C=O) groups is 2. The van der Waals surface area contributed by atoms with Crippen molar-refractivity contribution in [3.63, 3.8) is 0 Å². The van der Waals surface area contributed by atoms with Gasteiger partial charge in [-0.05, 0) is 12.8 Å². The second-order valence-corrected chi connectivity index (χ2v) is 3.37. The molecular weight excluding hydrogens is 184 g/mol.